The van der Waals surface area contributed by atoms with Gasteiger partial charge < -0.3 is 5.11 Å². The van der Waals surface area contributed by atoms with E-state index in [0.717, 1.165) is 17.5 Å². The third kappa shape index (κ3) is 4.62. The Morgan fingerprint density at radius 2 is 1.83 bits per heavy atom. The third-order valence-corrected chi connectivity index (χ3v) is 4.73. The monoisotopic (exact) mass is 411 g/mol. The fourth-order valence-corrected chi connectivity index (χ4v) is 3.01. The molecule has 0 atom stereocenters. The van der Waals surface area contributed by atoms with Gasteiger partial charge in [-0.05, 0) is 35.3 Å². The summed E-state index contributed by atoms with van der Waals surface area (Å²) in [5.41, 5.74) is 2.45. The molecule has 1 aromatic heterocycles. The molecule has 0 bridgehead atoms. The van der Waals surface area contributed by atoms with Gasteiger partial charge in [0, 0.05) is 6.42 Å². The molecule has 0 spiro atoms. The van der Waals surface area contributed by atoms with Gasteiger partial charge >= 0.3 is 11.9 Å². The molecule has 3 aromatic rings. The maximum absolute atomic E-state index is 14.1. The van der Waals surface area contributed by atoms with Gasteiger partial charge in [-0.25, -0.2) is 14.5 Å². The Balaban J connectivity index is 1.90. The predicted molar refractivity (Wildman–Crippen MR) is 111 cm³/mol. The molecule has 0 aliphatic heterocycles. The van der Waals surface area contributed by atoms with Crippen molar-refractivity contribution in [3.63, 3.8) is 0 Å². The van der Waals surface area contributed by atoms with Crippen LogP contribution in [0.4, 0.5) is 8.78 Å². The highest BCUT2D eigenvalue weighted by atomic mass is 19.3. The fraction of sp³-hybridized carbons (Fsp3) is 0.261. The van der Waals surface area contributed by atoms with Gasteiger partial charge in [-0.1, -0.05) is 62.4 Å². The van der Waals surface area contributed by atoms with Crippen molar-refractivity contribution in [3.8, 4) is 11.1 Å². The van der Waals surface area contributed by atoms with Crippen molar-refractivity contribution in [1.29, 1.82) is 0 Å². The lowest BCUT2D eigenvalue weighted by Gasteiger charge is -2.09. The summed E-state index contributed by atoms with van der Waals surface area (Å²) in [6.07, 6.45) is 3.93. The van der Waals surface area contributed by atoms with Crippen molar-refractivity contribution >= 4 is 12.0 Å². The zero-order valence-electron chi connectivity index (χ0n) is 16.8. The van der Waals surface area contributed by atoms with E-state index in [0.29, 0.717) is 11.4 Å². The van der Waals surface area contributed by atoms with Crippen LogP contribution in [0.2, 0.25) is 0 Å². The number of halogens is 2. The molecule has 0 unspecified atom stereocenters. The lowest BCUT2D eigenvalue weighted by molar-refractivity contribution is -0.0176. The highest BCUT2D eigenvalue weighted by Crippen LogP contribution is 2.29. The summed E-state index contributed by atoms with van der Waals surface area (Å²) in [7, 11) is 0. The minimum atomic E-state index is -3.08. The Bertz CT molecular complexity index is 1060. The summed E-state index contributed by atoms with van der Waals surface area (Å²) in [4.78, 5) is 15.5. The molecule has 0 fully saturated rings. The Morgan fingerprint density at radius 3 is 2.47 bits per heavy atom. The van der Waals surface area contributed by atoms with Gasteiger partial charge in [0.15, 0.2) is 5.82 Å². The van der Waals surface area contributed by atoms with Gasteiger partial charge in [0.25, 0.3) is 0 Å². The van der Waals surface area contributed by atoms with Crippen molar-refractivity contribution in [2.75, 3.05) is 0 Å². The second-order valence-electron chi connectivity index (χ2n) is 6.87. The van der Waals surface area contributed by atoms with Crippen LogP contribution in [0.3, 0.4) is 0 Å². The summed E-state index contributed by atoms with van der Waals surface area (Å²) in [6, 6.07) is 14.1. The number of benzene rings is 2. The zero-order valence-corrected chi connectivity index (χ0v) is 16.8. The molecular weight excluding hydrogens is 388 g/mol. The molecule has 7 heteroatoms. The molecule has 5 nitrogen and oxygen atoms in total. The van der Waals surface area contributed by atoms with Gasteiger partial charge in [-0.15, -0.1) is 5.10 Å². The van der Waals surface area contributed by atoms with Crippen molar-refractivity contribution < 1.29 is 18.7 Å². The SMILES string of the molecule is CCC=Cc1nc(C(F)(F)CC)nn1Cc1ccc(-c2ccccc2C(=O)O)cc1. The average Bonchev–Trinajstić information content (AvgIpc) is 3.16. The number of carbonyl (C=O) groups is 1. The van der Waals surface area contributed by atoms with Crippen molar-refractivity contribution in [1.82, 2.24) is 14.8 Å². The number of allylic oxidation sites excluding steroid dienone is 1. The Kier molecular flexibility index (Phi) is 6.40. The molecule has 0 saturated heterocycles. The largest absolute Gasteiger partial charge is 0.478 e. The van der Waals surface area contributed by atoms with E-state index in [1.165, 1.54) is 11.6 Å². The Labute approximate surface area is 173 Å². The van der Waals surface area contributed by atoms with Crippen molar-refractivity contribution in [2.45, 2.75) is 39.2 Å². The number of rotatable bonds is 8. The van der Waals surface area contributed by atoms with Crippen LogP contribution in [0.25, 0.3) is 17.2 Å². The summed E-state index contributed by atoms with van der Waals surface area (Å²) in [5, 5.41) is 13.4. The van der Waals surface area contributed by atoms with E-state index in [1.807, 2.05) is 37.3 Å². The van der Waals surface area contributed by atoms with Crippen LogP contribution in [0.1, 0.15) is 54.3 Å². The molecule has 1 heterocycles. The van der Waals surface area contributed by atoms with Crippen LogP contribution in [0.15, 0.2) is 54.6 Å². The van der Waals surface area contributed by atoms with E-state index in [4.69, 9.17) is 0 Å². The van der Waals surface area contributed by atoms with Crippen LogP contribution in [-0.4, -0.2) is 25.8 Å². The number of hydrogen-bond acceptors (Lipinski definition) is 3. The first kappa shape index (κ1) is 21.4. The van der Waals surface area contributed by atoms with Crippen LogP contribution in [-0.2, 0) is 12.5 Å². The van der Waals surface area contributed by atoms with Crippen molar-refractivity contribution in [3.05, 3.63) is 77.4 Å². The number of alkyl halides is 2. The first-order valence-corrected chi connectivity index (χ1v) is 9.77. The molecular formula is C23H23F2N3O2. The van der Waals surface area contributed by atoms with Gasteiger partial charge in [-0.2, -0.15) is 8.78 Å². The predicted octanol–water partition coefficient (Wildman–Crippen LogP) is 5.62. The van der Waals surface area contributed by atoms with Gasteiger partial charge in [0.05, 0.1) is 12.1 Å². The minimum absolute atomic E-state index is 0.222. The van der Waals surface area contributed by atoms with Crippen LogP contribution in [0, 0.1) is 0 Å². The highest BCUT2D eigenvalue weighted by Gasteiger charge is 2.34. The maximum atomic E-state index is 14.1. The Morgan fingerprint density at radius 1 is 1.13 bits per heavy atom. The number of hydrogen-bond donors (Lipinski definition) is 1. The zero-order chi connectivity index (χ0) is 21.7. The van der Waals surface area contributed by atoms with Crippen LogP contribution in [0.5, 0.6) is 0 Å². The summed E-state index contributed by atoms with van der Waals surface area (Å²) in [6.45, 7) is 3.62. The van der Waals surface area contributed by atoms with E-state index < -0.39 is 17.7 Å². The van der Waals surface area contributed by atoms with E-state index in [1.54, 1.807) is 30.3 Å². The summed E-state index contributed by atoms with van der Waals surface area (Å²) < 4.78 is 29.6. The molecule has 0 aliphatic carbocycles. The number of aromatic carboxylic acids is 1. The molecule has 156 valence electrons. The molecule has 1 N–H and O–H groups in total. The average molecular weight is 411 g/mol. The van der Waals surface area contributed by atoms with E-state index in [2.05, 4.69) is 10.1 Å². The number of nitrogens with zero attached hydrogens (tertiary/aromatic N) is 3. The summed E-state index contributed by atoms with van der Waals surface area (Å²) >= 11 is 0. The standard InChI is InChI=1S/C23H23F2N3O2/c1-3-5-10-20-26-22(23(24,25)4-2)27-28(20)15-16-11-13-17(14-12-16)18-8-6-7-9-19(18)21(29)30/h5-14H,3-4,15H2,1-2H3,(H,29,30). The first-order chi connectivity index (χ1) is 14.4. The topological polar surface area (TPSA) is 68.0 Å². The molecule has 30 heavy (non-hydrogen) atoms. The molecule has 0 aliphatic rings. The number of aromatic nitrogens is 3. The highest BCUT2D eigenvalue weighted by molar-refractivity contribution is 5.95. The molecule has 0 radical (unpaired) electrons. The Hall–Kier alpha value is -3.35. The van der Waals surface area contributed by atoms with Gasteiger partial charge in [0.1, 0.15) is 0 Å². The molecule has 3 rings (SSSR count). The van der Waals surface area contributed by atoms with Crippen molar-refractivity contribution in [2.24, 2.45) is 0 Å². The minimum Gasteiger partial charge on any atom is -0.478 e. The van der Waals surface area contributed by atoms with Crippen LogP contribution >= 0.6 is 0 Å². The van der Waals surface area contributed by atoms with Gasteiger partial charge in [0.2, 0.25) is 5.82 Å². The number of carboxylic acid groups (broad SMARTS) is 1. The smallest absolute Gasteiger partial charge is 0.336 e. The molecule has 0 saturated carbocycles. The molecule has 2 aromatic carbocycles. The lowest BCUT2D eigenvalue weighted by Crippen LogP contribution is -2.14. The first-order valence-electron chi connectivity index (χ1n) is 9.77. The van der Waals surface area contributed by atoms with Gasteiger partial charge in [-0.3, -0.25) is 0 Å². The number of carboxylic acids is 1. The second kappa shape index (κ2) is 8.98. The second-order valence-corrected chi connectivity index (χ2v) is 6.87. The third-order valence-electron chi connectivity index (χ3n) is 4.73. The van der Waals surface area contributed by atoms with E-state index >= 15 is 0 Å². The lowest BCUT2D eigenvalue weighted by atomic mass is 9.99. The van der Waals surface area contributed by atoms with E-state index in [-0.39, 0.29) is 18.5 Å². The van der Waals surface area contributed by atoms with Crippen LogP contribution < -0.4 is 0 Å². The quantitative estimate of drug-likeness (QED) is 0.523. The molecule has 0 amide bonds. The normalized spacial score (nSPS) is 11.9. The fourth-order valence-electron chi connectivity index (χ4n) is 3.01. The maximum Gasteiger partial charge on any atom is 0.336 e. The summed E-state index contributed by atoms with van der Waals surface area (Å²) in [5.74, 6) is -4.17. The van der Waals surface area contributed by atoms with E-state index in [9.17, 15) is 18.7 Å².